The van der Waals surface area contributed by atoms with E-state index in [4.69, 9.17) is 0 Å². The van der Waals surface area contributed by atoms with Crippen molar-refractivity contribution in [3.05, 3.63) is 35.9 Å². The minimum Gasteiger partial charge on any atom is -0.481 e. The van der Waals surface area contributed by atoms with Crippen molar-refractivity contribution in [3.8, 4) is 0 Å². The SMILES string of the molecule is CC(C)(CCN1CCN(C(=O)C(C)(C)c2ccccc2)CC1)C(=O)O. The molecular formula is C20H30N2O3. The van der Waals surface area contributed by atoms with Crippen LogP contribution in [0.5, 0.6) is 0 Å². The largest absolute Gasteiger partial charge is 0.481 e. The van der Waals surface area contributed by atoms with Gasteiger partial charge < -0.3 is 10.0 Å². The molecule has 1 aliphatic rings. The number of aliphatic carboxylic acids is 1. The lowest BCUT2D eigenvalue weighted by Crippen LogP contribution is -2.53. The monoisotopic (exact) mass is 346 g/mol. The molecule has 1 amide bonds. The molecule has 2 rings (SSSR count). The van der Waals surface area contributed by atoms with Gasteiger partial charge >= 0.3 is 5.97 Å². The molecule has 1 saturated heterocycles. The molecule has 0 unspecified atom stereocenters. The number of hydrogen-bond donors (Lipinski definition) is 1. The molecule has 1 aromatic carbocycles. The van der Waals surface area contributed by atoms with Crippen LogP contribution in [-0.2, 0) is 15.0 Å². The van der Waals surface area contributed by atoms with E-state index in [1.165, 1.54) is 0 Å². The molecule has 1 aromatic rings. The van der Waals surface area contributed by atoms with Gasteiger partial charge in [0, 0.05) is 26.2 Å². The Kier molecular flexibility index (Phi) is 5.88. The number of piperazine rings is 1. The molecule has 1 aliphatic heterocycles. The maximum absolute atomic E-state index is 13.0. The topological polar surface area (TPSA) is 60.9 Å². The summed E-state index contributed by atoms with van der Waals surface area (Å²) >= 11 is 0. The number of hydrogen-bond acceptors (Lipinski definition) is 3. The average molecular weight is 346 g/mol. The predicted molar refractivity (Wildman–Crippen MR) is 98.5 cm³/mol. The number of carboxylic acids is 1. The van der Waals surface area contributed by atoms with Gasteiger partial charge in [0.25, 0.3) is 0 Å². The maximum Gasteiger partial charge on any atom is 0.309 e. The van der Waals surface area contributed by atoms with Crippen molar-refractivity contribution in [2.75, 3.05) is 32.7 Å². The van der Waals surface area contributed by atoms with Crippen molar-refractivity contribution >= 4 is 11.9 Å². The lowest BCUT2D eigenvalue weighted by Gasteiger charge is -2.39. The van der Waals surface area contributed by atoms with Crippen molar-refractivity contribution in [1.29, 1.82) is 0 Å². The summed E-state index contributed by atoms with van der Waals surface area (Å²) in [6, 6.07) is 9.89. The second kappa shape index (κ2) is 7.56. The zero-order valence-corrected chi connectivity index (χ0v) is 15.8. The molecule has 0 bridgehead atoms. The van der Waals surface area contributed by atoms with Crippen molar-refractivity contribution in [2.45, 2.75) is 39.5 Å². The van der Waals surface area contributed by atoms with Gasteiger partial charge in [-0.2, -0.15) is 0 Å². The van der Waals surface area contributed by atoms with Crippen molar-refractivity contribution in [2.24, 2.45) is 5.41 Å². The second-order valence-electron chi connectivity index (χ2n) is 8.06. The molecule has 0 saturated carbocycles. The minimum absolute atomic E-state index is 0.157. The van der Waals surface area contributed by atoms with Crippen LogP contribution in [0.1, 0.15) is 39.7 Å². The van der Waals surface area contributed by atoms with Crippen LogP contribution < -0.4 is 0 Å². The highest BCUT2D eigenvalue weighted by Gasteiger charge is 2.35. The maximum atomic E-state index is 13.0. The van der Waals surface area contributed by atoms with Crippen LogP contribution in [0, 0.1) is 5.41 Å². The van der Waals surface area contributed by atoms with E-state index in [9.17, 15) is 14.7 Å². The van der Waals surface area contributed by atoms with Gasteiger partial charge in [0.15, 0.2) is 0 Å². The fourth-order valence-corrected chi connectivity index (χ4v) is 3.09. The molecule has 138 valence electrons. The summed E-state index contributed by atoms with van der Waals surface area (Å²) in [4.78, 5) is 28.4. The summed E-state index contributed by atoms with van der Waals surface area (Å²) in [5, 5.41) is 9.21. The normalized spacial score (nSPS) is 16.7. The Morgan fingerprint density at radius 2 is 1.56 bits per heavy atom. The van der Waals surface area contributed by atoms with E-state index in [-0.39, 0.29) is 5.91 Å². The fraction of sp³-hybridized carbons (Fsp3) is 0.600. The average Bonchev–Trinajstić information content (AvgIpc) is 2.60. The summed E-state index contributed by atoms with van der Waals surface area (Å²) in [6.07, 6.45) is 0.617. The van der Waals surface area contributed by atoms with Crippen molar-refractivity contribution in [1.82, 2.24) is 9.80 Å². The molecule has 0 atom stereocenters. The minimum atomic E-state index is -0.758. The first kappa shape index (κ1) is 19.4. The van der Waals surface area contributed by atoms with Gasteiger partial charge in [-0.05, 0) is 46.2 Å². The van der Waals surface area contributed by atoms with Gasteiger partial charge in [-0.1, -0.05) is 30.3 Å². The van der Waals surface area contributed by atoms with Crippen LogP contribution in [-0.4, -0.2) is 59.5 Å². The number of carbonyl (C=O) groups is 2. The van der Waals surface area contributed by atoms with Crippen molar-refractivity contribution < 1.29 is 14.7 Å². The molecule has 0 aromatic heterocycles. The number of amides is 1. The fourth-order valence-electron chi connectivity index (χ4n) is 3.09. The first-order valence-electron chi connectivity index (χ1n) is 8.95. The van der Waals surface area contributed by atoms with Crippen LogP contribution in [0.3, 0.4) is 0 Å². The Labute approximate surface area is 150 Å². The zero-order chi connectivity index (χ0) is 18.7. The number of rotatable bonds is 6. The molecule has 0 aliphatic carbocycles. The molecule has 0 radical (unpaired) electrons. The van der Waals surface area contributed by atoms with E-state index < -0.39 is 16.8 Å². The summed E-state index contributed by atoms with van der Waals surface area (Å²) in [5.41, 5.74) is -0.206. The number of benzene rings is 1. The lowest BCUT2D eigenvalue weighted by molar-refractivity contribution is -0.147. The highest BCUT2D eigenvalue weighted by Crippen LogP contribution is 2.26. The third-order valence-electron chi connectivity index (χ3n) is 5.32. The van der Waals surface area contributed by atoms with Gasteiger partial charge in [0.2, 0.25) is 5.91 Å². The first-order valence-corrected chi connectivity index (χ1v) is 8.95. The molecule has 0 spiro atoms. The molecule has 5 heteroatoms. The Balaban J connectivity index is 1.89. The van der Waals surface area contributed by atoms with Crippen LogP contribution in [0.4, 0.5) is 0 Å². The van der Waals surface area contributed by atoms with Gasteiger partial charge in [-0.25, -0.2) is 0 Å². The number of nitrogens with zero attached hydrogens (tertiary/aromatic N) is 2. The number of carboxylic acid groups (broad SMARTS) is 1. The van der Waals surface area contributed by atoms with E-state index in [0.29, 0.717) is 19.5 Å². The molecule has 1 N–H and O–H groups in total. The predicted octanol–water partition coefficient (Wildman–Crippen LogP) is 2.61. The Bertz CT molecular complexity index is 603. The van der Waals surface area contributed by atoms with E-state index >= 15 is 0 Å². The van der Waals surface area contributed by atoms with Crippen LogP contribution in [0.15, 0.2) is 30.3 Å². The van der Waals surface area contributed by atoms with Crippen molar-refractivity contribution in [3.63, 3.8) is 0 Å². The Morgan fingerprint density at radius 1 is 1.00 bits per heavy atom. The summed E-state index contributed by atoms with van der Waals surface area (Å²) in [7, 11) is 0. The summed E-state index contributed by atoms with van der Waals surface area (Å²) in [6.45, 7) is 11.2. The Morgan fingerprint density at radius 3 is 2.08 bits per heavy atom. The molecule has 5 nitrogen and oxygen atoms in total. The van der Waals surface area contributed by atoms with Gasteiger partial charge in [0.1, 0.15) is 0 Å². The van der Waals surface area contributed by atoms with Crippen LogP contribution in [0.2, 0.25) is 0 Å². The summed E-state index contributed by atoms with van der Waals surface area (Å²) in [5.74, 6) is -0.602. The smallest absolute Gasteiger partial charge is 0.309 e. The molecule has 1 heterocycles. The van der Waals surface area contributed by atoms with E-state index in [2.05, 4.69) is 4.90 Å². The van der Waals surface area contributed by atoms with Gasteiger partial charge in [-0.3, -0.25) is 14.5 Å². The quantitative estimate of drug-likeness (QED) is 0.860. The van der Waals surface area contributed by atoms with E-state index in [1.807, 2.05) is 49.1 Å². The highest BCUT2D eigenvalue weighted by molar-refractivity contribution is 5.87. The second-order valence-corrected chi connectivity index (χ2v) is 8.06. The Hall–Kier alpha value is -1.88. The lowest BCUT2D eigenvalue weighted by atomic mass is 9.83. The van der Waals surface area contributed by atoms with E-state index in [0.717, 1.165) is 25.2 Å². The first-order chi connectivity index (χ1) is 11.6. The van der Waals surface area contributed by atoms with Crippen LogP contribution in [0.25, 0.3) is 0 Å². The van der Waals surface area contributed by atoms with Crippen LogP contribution >= 0.6 is 0 Å². The standard InChI is InChI=1S/C20H30N2O3/c1-19(2,18(24)25)10-11-21-12-14-22(15-13-21)17(23)20(3,4)16-8-6-5-7-9-16/h5-9H,10-15H2,1-4H3,(H,24,25). The third kappa shape index (κ3) is 4.60. The zero-order valence-electron chi connectivity index (χ0n) is 15.8. The molecule has 25 heavy (non-hydrogen) atoms. The van der Waals surface area contributed by atoms with Gasteiger partial charge in [-0.15, -0.1) is 0 Å². The molecule has 1 fully saturated rings. The molecular weight excluding hydrogens is 316 g/mol. The number of carbonyl (C=O) groups excluding carboxylic acids is 1. The summed E-state index contributed by atoms with van der Waals surface area (Å²) < 4.78 is 0. The van der Waals surface area contributed by atoms with E-state index in [1.54, 1.807) is 13.8 Å². The highest BCUT2D eigenvalue weighted by atomic mass is 16.4. The third-order valence-corrected chi connectivity index (χ3v) is 5.32. The van der Waals surface area contributed by atoms with Gasteiger partial charge in [0.05, 0.1) is 10.8 Å².